The quantitative estimate of drug-likeness (QED) is 0.583. The monoisotopic (exact) mass is 169 g/mol. The van der Waals surface area contributed by atoms with Crippen LogP contribution in [0.15, 0.2) is 0 Å². The number of nitrogens with one attached hydrogen (secondary N) is 1. The molecule has 3 nitrogen and oxygen atoms in total. The Morgan fingerprint density at radius 1 is 1.33 bits per heavy atom. The van der Waals surface area contributed by atoms with Gasteiger partial charge in [-0.15, -0.1) is 0 Å². The van der Waals surface area contributed by atoms with Crippen LogP contribution in [0, 0.1) is 0 Å². The molecule has 0 unspecified atom stereocenters. The number of hydrogen-bond donors (Lipinski definition) is 1. The lowest BCUT2D eigenvalue weighted by Gasteiger charge is -2.27. The molecule has 0 radical (unpaired) electrons. The van der Waals surface area contributed by atoms with Gasteiger partial charge in [0.25, 0.3) is 0 Å². The Balaban J connectivity index is 2.07. The Morgan fingerprint density at radius 2 is 2.08 bits per heavy atom. The first-order valence-electron chi connectivity index (χ1n) is 4.70. The lowest BCUT2D eigenvalue weighted by Crippen LogP contribution is -2.47. The van der Waals surface area contributed by atoms with Crippen LogP contribution in [0.25, 0.3) is 0 Å². The second-order valence-electron chi connectivity index (χ2n) is 3.84. The zero-order valence-corrected chi connectivity index (χ0v) is 7.27. The first-order chi connectivity index (χ1) is 5.81. The van der Waals surface area contributed by atoms with E-state index in [1.165, 1.54) is 12.8 Å². The van der Waals surface area contributed by atoms with Crippen LogP contribution in [0.5, 0.6) is 0 Å². The van der Waals surface area contributed by atoms with Crippen molar-refractivity contribution in [2.45, 2.75) is 37.6 Å². The minimum absolute atomic E-state index is 0.00752. The highest BCUT2D eigenvalue weighted by Crippen LogP contribution is 2.30. The van der Waals surface area contributed by atoms with Crippen LogP contribution in [0.1, 0.15) is 32.1 Å². The fourth-order valence-corrected chi connectivity index (χ4v) is 2.15. The van der Waals surface area contributed by atoms with Crippen LogP contribution >= 0.6 is 0 Å². The smallest absolute Gasteiger partial charge is 0.222 e. The molecule has 1 spiro atoms. The number of amides is 1. The normalized spacial score (nSPS) is 28.5. The fourth-order valence-electron chi connectivity index (χ4n) is 2.15. The third kappa shape index (κ3) is 1.46. The van der Waals surface area contributed by atoms with Gasteiger partial charge in [-0.2, -0.15) is 0 Å². The van der Waals surface area contributed by atoms with E-state index in [-0.39, 0.29) is 11.4 Å². The van der Waals surface area contributed by atoms with E-state index in [2.05, 4.69) is 5.32 Å². The van der Waals surface area contributed by atoms with E-state index in [0.29, 0.717) is 13.0 Å². The van der Waals surface area contributed by atoms with Crippen molar-refractivity contribution >= 4 is 5.91 Å². The van der Waals surface area contributed by atoms with Gasteiger partial charge in [0.15, 0.2) is 0 Å². The summed E-state index contributed by atoms with van der Waals surface area (Å²) in [4.78, 5) is 11.3. The second-order valence-corrected chi connectivity index (χ2v) is 3.84. The van der Waals surface area contributed by atoms with Crippen molar-refractivity contribution in [1.82, 2.24) is 5.32 Å². The molecular weight excluding hydrogens is 154 g/mol. The second kappa shape index (κ2) is 3.05. The average molecular weight is 169 g/mol. The van der Waals surface area contributed by atoms with Crippen molar-refractivity contribution in [1.29, 1.82) is 0 Å². The van der Waals surface area contributed by atoms with E-state index < -0.39 is 0 Å². The van der Waals surface area contributed by atoms with Crippen molar-refractivity contribution < 1.29 is 9.53 Å². The Bertz CT molecular complexity index is 185. The number of carbonyl (C=O) groups is 1. The van der Waals surface area contributed by atoms with Crippen LogP contribution < -0.4 is 5.32 Å². The summed E-state index contributed by atoms with van der Waals surface area (Å²) in [6.45, 7) is 1.31. The molecule has 1 heterocycles. The van der Waals surface area contributed by atoms with E-state index in [9.17, 15) is 4.79 Å². The first-order valence-corrected chi connectivity index (χ1v) is 4.70. The highest BCUT2D eigenvalue weighted by molar-refractivity contribution is 5.77. The molecule has 2 fully saturated rings. The van der Waals surface area contributed by atoms with Crippen molar-refractivity contribution in [3.05, 3.63) is 0 Å². The minimum Gasteiger partial charge on any atom is -0.378 e. The predicted molar refractivity (Wildman–Crippen MR) is 44.8 cm³/mol. The molecule has 12 heavy (non-hydrogen) atoms. The van der Waals surface area contributed by atoms with Crippen LogP contribution in [-0.4, -0.2) is 24.7 Å². The summed E-state index contributed by atoms with van der Waals surface area (Å²) in [5.74, 6) is 0.161. The molecule has 0 atom stereocenters. The molecule has 2 rings (SSSR count). The van der Waals surface area contributed by atoms with E-state index in [4.69, 9.17) is 4.74 Å². The predicted octanol–water partition coefficient (Wildman–Crippen LogP) is 0.836. The topological polar surface area (TPSA) is 38.3 Å². The molecule has 0 aromatic rings. The van der Waals surface area contributed by atoms with Gasteiger partial charge in [0.2, 0.25) is 5.91 Å². The highest BCUT2D eigenvalue weighted by Gasteiger charge is 2.36. The lowest BCUT2D eigenvalue weighted by molar-refractivity contribution is -0.122. The molecule has 0 aromatic heterocycles. The maximum Gasteiger partial charge on any atom is 0.222 e. The van der Waals surface area contributed by atoms with E-state index in [1.807, 2.05) is 0 Å². The first kappa shape index (κ1) is 8.05. The van der Waals surface area contributed by atoms with Gasteiger partial charge in [-0.05, 0) is 12.8 Å². The van der Waals surface area contributed by atoms with Gasteiger partial charge < -0.3 is 10.1 Å². The van der Waals surface area contributed by atoms with Gasteiger partial charge in [-0.1, -0.05) is 12.8 Å². The maximum atomic E-state index is 11.3. The molecular formula is C9H15NO2. The molecule has 1 amide bonds. The molecule has 1 saturated carbocycles. The number of hydrogen-bond acceptors (Lipinski definition) is 2. The number of ether oxygens (including phenoxy) is 1. The van der Waals surface area contributed by atoms with Crippen LogP contribution in [0.2, 0.25) is 0 Å². The molecule has 1 aliphatic heterocycles. The van der Waals surface area contributed by atoms with Crippen molar-refractivity contribution in [2.24, 2.45) is 0 Å². The van der Waals surface area contributed by atoms with Gasteiger partial charge >= 0.3 is 0 Å². The summed E-state index contributed by atoms with van der Waals surface area (Å²) in [6, 6.07) is 0. The molecule has 1 aliphatic carbocycles. The zero-order chi connectivity index (χ0) is 8.44. The molecule has 3 heteroatoms. The molecule has 1 saturated heterocycles. The van der Waals surface area contributed by atoms with Gasteiger partial charge in [0.05, 0.1) is 18.8 Å². The zero-order valence-electron chi connectivity index (χ0n) is 7.27. The van der Waals surface area contributed by atoms with Crippen LogP contribution in [0.3, 0.4) is 0 Å². The Hall–Kier alpha value is -0.570. The molecule has 68 valence electrons. The number of carbonyl (C=O) groups excluding carboxylic acids is 1. The maximum absolute atomic E-state index is 11.3. The Labute approximate surface area is 72.5 Å². The average Bonchev–Trinajstić information content (AvgIpc) is 2.39. The fraction of sp³-hybridized carbons (Fsp3) is 0.889. The highest BCUT2D eigenvalue weighted by atomic mass is 16.5. The number of rotatable bonds is 0. The van der Waals surface area contributed by atoms with Gasteiger partial charge in [-0.3, -0.25) is 4.79 Å². The van der Waals surface area contributed by atoms with Crippen LogP contribution in [-0.2, 0) is 9.53 Å². The van der Waals surface area contributed by atoms with Crippen molar-refractivity contribution in [3.63, 3.8) is 0 Å². The summed E-state index contributed by atoms with van der Waals surface area (Å²) in [7, 11) is 0. The SMILES string of the molecule is O=C1CCOCC2(CCCC2)N1. The van der Waals surface area contributed by atoms with Gasteiger partial charge in [0, 0.05) is 6.42 Å². The Kier molecular flexibility index (Phi) is 2.05. The minimum atomic E-state index is 0.00752. The van der Waals surface area contributed by atoms with Crippen LogP contribution in [0.4, 0.5) is 0 Å². The largest absolute Gasteiger partial charge is 0.378 e. The third-order valence-corrected chi connectivity index (χ3v) is 2.82. The van der Waals surface area contributed by atoms with E-state index in [0.717, 1.165) is 19.4 Å². The summed E-state index contributed by atoms with van der Waals surface area (Å²) >= 11 is 0. The third-order valence-electron chi connectivity index (χ3n) is 2.82. The van der Waals surface area contributed by atoms with Gasteiger partial charge in [0.1, 0.15) is 0 Å². The summed E-state index contributed by atoms with van der Waals surface area (Å²) in [5.41, 5.74) is 0.00752. The molecule has 2 aliphatic rings. The van der Waals surface area contributed by atoms with E-state index >= 15 is 0 Å². The summed E-state index contributed by atoms with van der Waals surface area (Å²) < 4.78 is 5.42. The standard InChI is InChI=1S/C9H15NO2/c11-8-3-6-12-7-9(10-8)4-1-2-5-9/h1-7H2,(H,10,11). The van der Waals surface area contributed by atoms with Gasteiger partial charge in [-0.25, -0.2) is 0 Å². The van der Waals surface area contributed by atoms with Crippen molar-refractivity contribution in [3.8, 4) is 0 Å². The van der Waals surface area contributed by atoms with E-state index in [1.54, 1.807) is 0 Å². The molecule has 1 N–H and O–H groups in total. The summed E-state index contributed by atoms with van der Waals surface area (Å²) in [6.07, 6.45) is 5.17. The Morgan fingerprint density at radius 3 is 2.83 bits per heavy atom. The van der Waals surface area contributed by atoms with Crippen molar-refractivity contribution in [2.75, 3.05) is 13.2 Å². The molecule has 0 bridgehead atoms. The molecule has 0 aromatic carbocycles. The summed E-state index contributed by atoms with van der Waals surface area (Å²) in [5, 5.41) is 3.09. The lowest BCUT2D eigenvalue weighted by atomic mass is 9.99.